The minimum Gasteiger partial charge on any atom is -0.496 e. The highest BCUT2D eigenvalue weighted by molar-refractivity contribution is 8.00. The molecule has 0 bridgehead atoms. The normalized spacial score (nSPS) is 15.1. The molecule has 0 spiro atoms. The zero-order chi connectivity index (χ0) is 18.5. The molecule has 1 fully saturated rings. The minimum atomic E-state index is -0.202. The zero-order valence-corrected chi connectivity index (χ0v) is 16.0. The van der Waals surface area contributed by atoms with E-state index in [1.807, 2.05) is 40.7 Å². The first-order valence-corrected chi connectivity index (χ1v) is 9.66. The Kier molecular flexibility index (Phi) is 5.98. The third-order valence-electron chi connectivity index (χ3n) is 4.42. The van der Waals surface area contributed by atoms with E-state index >= 15 is 0 Å². The lowest BCUT2D eigenvalue weighted by Gasteiger charge is -2.19. The van der Waals surface area contributed by atoms with Gasteiger partial charge >= 0.3 is 0 Å². The van der Waals surface area contributed by atoms with E-state index in [4.69, 9.17) is 4.74 Å². The topological polar surface area (TPSA) is 60.2 Å². The number of aromatic nitrogens is 3. The Labute approximate surface area is 158 Å². The fourth-order valence-corrected chi connectivity index (χ4v) is 4.04. The van der Waals surface area contributed by atoms with E-state index in [1.54, 1.807) is 13.2 Å². The Morgan fingerprint density at radius 1 is 1.35 bits per heavy atom. The van der Waals surface area contributed by atoms with Crippen molar-refractivity contribution in [3.05, 3.63) is 36.9 Å². The SMILES string of the molecule is C=CCn1c(SC(C)C(=O)N2CCCC2)nnc1-c1ccccc1OC. The molecule has 26 heavy (non-hydrogen) atoms. The number of thioether (sulfide) groups is 1. The number of hydrogen-bond acceptors (Lipinski definition) is 5. The maximum Gasteiger partial charge on any atom is 0.235 e. The van der Waals surface area contributed by atoms with Gasteiger partial charge in [0, 0.05) is 19.6 Å². The number of ether oxygens (including phenoxy) is 1. The summed E-state index contributed by atoms with van der Waals surface area (Å²) in [7, 11) is 1.64. The number of nitrogens with zero attached hydrogens (tertiary/aromatic N) is 4. The molecule has 1 aliphatic heterocycles. The lowest BCUT2D eigenvalue weighted by molar-refractivity contribution is -0.129. The van der Waals surface area contributed by atoms with E-state index < -0.39 is 0 Å². The summed E-state index contributed by atoms with van der Waals surface area (Å²) in [5.41, 5.74) is 0.870. The van der Waals surface area contributed by atoms with Gasteiger partial charge < -0.3 is 9.64 Å². The van der Waals surface area contributed by atoms with Gasteiger partial charge in [0.15, 0.2) is 11.0 Å². The predicted octanol–water partition coefficient (Wildman–Crippen LogP) is 3.24. The van der Waals surface area contributed by atoms with Gasteiger partial charge in [-0.2, -0.15) is 0 Å². The molecule has 1 atom stereocenters. The van der Waals surface area contributed by atoms with Crippen molar-refractivity contribution in [3.63, 3.8) is 0 Å². The van der Waals surface area contributed by atoms with Crippen LogP contribution in [0.25, 0.3) is 11.4 Å². The van der Waals surface area contributed by atoms with Crippen molar-refractivity contribution in [2.45, 2.75) is 36.7 Å². The Morgan fingerprint density at radius 2 is 2.08 bits per heavy atom. The molecule has 1 saturated heterocycles. The van der Waals surface area contributed by atoms with Crippen molar-refractivity contribution in [3.8, 4) is 17.1 Å². The number of methoxy groups -OCH3 is 1. The van der Waals surface area contributed by atoms with E-state index in [1.165, 1.54) is 11.8 Å². The smallest absolute Gasteiger partial charge is 0.235 e. The van der Waals surface area contributed by atoms with E-state index in [9.17, 15) is 4.79 Å². The summed E-state index contributed by atoms with van der Waals surface area (Å²) >= 11 is 1.44. The average molecular weight is 372 g/mol. The van der Waals surface area contributed by atoms with Crippen LogP contribution in [0.2, 0.25) is 0 Å². The molecule has 3 rings (SSSR count). The minimum absolute atomic E-state index is 0.166. The Morgan fingerprint density at radius 3 is 2.77 bits per heavy atom. The number of para-hydroxylation sites is 1. The summed E-state index contributed by atoms with van der Waals surface area (Å²) in [4.78, 5) is 14.5. The predicted molar refractivity (Wildman–Crippen MR) is 103 cm³/mol. The largest absolute Gasteiger partial charge is 0.496 e. The van der Waals surface area contributed by atoms with Gasteiger partial charge in [0.25, 0.3) is 0 Å². The third kappa shape index (κ3) is 3.77. The first-order valence-electron chi connectivity index (χ1n) is 8.78. The molecule has 0 radical (unpaired) electrons. The van der Waals surface area contributed by atoms with E-state index in [0.29, 0.717) is 17.5 Å². The summed E-state index contributed by atoms with van der Waals surface area (Å²) in [6.07, 6.45) is 3.99. The molecule has 0 N–H and O–H groups in total. The number of likely N-dealkylation sites (tertiary alicyclic amines) is 1. The standard InChI is InChI=1S/C19H24N4O2S/c1-4-11-23-17(15-9-5-6-10-16(15)25-3)20-21-19(23)26-14(2)18(24)22-12-7-8-13-22/h4-6,9-10,14H,1,7-8,11-13H2,2-3H3. The van der Waals surface area contributed by atoms with Gasteiger partial charge in [0.05, 0.1) is 17.9 Å². The number of carbonyl (C=O) groups is 1. The van der Waals surface area contributed by atoms with Crippen LogP contribution in [0.5, 0.6) is 5.75 Å². The van der Waals surface area contributed by atoms with Gasteiger partial charge in [0.2, 0.25) is 5.91 Å². The quantitative estimate of drug-likeness (QED) is 0.552. The molecule has 7 heteroatoms. The molecule has 2 heterocycles. The lowest BCUT2D eigenvalue weighted by Crippen LogP contribution is -2.34. The van der Waals surface area contributed by atoms with E-state index in [2.05, 4.69) is 16.8 Å². The molecule has 1 unspecified atom stereocenters. The monoisotopic (exact) mass is 372 g/mol. The molecule has 1 aliphatic rings. The molecule has 1 amide bonds. The third-order valence-corrected chi connectivity index (χ3v) is 5.49. The van der Waals surface area contributed by atoms with Crippen LogP contribution in [0.15, 0.2) is 42.1 Å². The Hall–Kier alpha value is -2.28. The number of rotatable bonds is 7. The van der Waals surface area contributed by atoms with Crippen molar-refractivity contribution < 1.29 is 9.53 Å². The van der Waals surface area contributed by atoms with Gasteiger partial charge in [-0.25, -0.2) is 0 Å². The van der Waals surface area contributed by atoms with Crippen LogP contribution >= 0.6 is 11.8 Å². The summed E-state index contributed by atoms with van der Waals surface area (Å²) in [5.74, 6) is 1.62. The molecule has 138 valence electrons. The molecule has 6 nitrogen and oxygen atoms in total. The first kappa shape index (κ1) is 18.5. The second-order valence-corrected chi connectivity index (χ2v) is 7.51. The highest BCUT2D eigenvalue weighted by Crippen LogP contribution is 2.32. The molecule has 2 aromatic rings. The summed E-state index contributed by atoms with van der Waals surface area (Å²) in [5, 5.41) is 9.21. The number of allylic oxidation sites excluding steroid dienone is 1. The van der Waals surface area contributed by atoms with Crippen molar-refractivity contribution in [2.75, 3.05) is 20.2 Å². The van der Waals surface area contributed by atoms with Crippen LogP contribution in [0.4, 0.5) is 0 Å². The van der Waals surface area contributed by atoms with Crippen LogP contribution < -0.4 is 4.74 Å². The molecule has 1 aromatic heterocycles. The Bertz CT molecular complexity index is 784. The Balaban J connectivity index is 1.87. The maximum absolute atomic E-state index is 12.6. The van der Waals surface area contributed by atoms with Crippen molar-refractivity contribution in [1.29, 1.82) is 0 Å². The fourth-order valence-electron chi connectivity index (χ4n) is 3.10. The summed E-state index contributed by atoms with van der Waals surface area (Å²) < 4.78 is 7.43. The van der Waals surface area contributed by atoms with Gasteiger partial charge in [-0.15, -0.1) is 16.8 Å². The number of benzene rings is 1. The van der Waals surface area contributed by atoms with Crippen LogP contribution in [0, 0.1) is 0 Å². The second-order valence-electron chi connectivity index (χ2n) is 6.20. The summed E-state index contributed by atoms with van der Waals surface area (Å²) in [6.45, 7) is 8.05. The van der Waals surface area contributed by atoms with Crippen LogP contribution in [0.1, 0.15) is 19.8 Å². The molecule has 1 aromatic carbocycles. The molecule has 0 aliphatic carbocycles. The number of carbonyl (C=O) groups excluding carboxylic acids is 1. The van der Waals surface area contributed by atoms with Gasteiger partial charge in [-0.3, -0.25) is 9.36 Å². The maximum atomic E-state index is 12.6. The van der Waals surface area contributed by atoms with E-state index in [-0.39, 0.29) is 11.2 Å². The van der Waals surface area contributed by atoms with Gasteiger partial charge in [-0.1, -0.05) is 30.0 Å². The highest BCUT2D eigenvalue weighted by atomic mass is 32.2. The summed E-state index contributed by atoms with van der Waals surface area (Å²) in [6, 6.07) is 7.71. The zero-order valence-electron chi connectivity index (χ0n) is 15.2. The number of hydrogen-bond donors (Lipinski definition) is 0. The second kappa shape index (κ2) is 8.40. The molecular weight excluding hydrogens is 348 g/mol. The molecule has 0 saturated carbocycles. The van der Waals surface area contributed by atoms with Crippen molar-refractivity contribution in [2.24, 2.45) is 0 Å². The molecular formula is C19H24N4O2S. The number of amides is 1. The van der Waals surface area contributed by atoms with E-state index in [0.717, 1.165) is 37.2 Å². The highest BCUT2D eigenvalue weighted by Gasteiger charge is 2.26. The van der Waals surface area contributed by atoms with Crippen LogP contribution in [-0.4, -0.2) is 51.0 Å². The van der Waals surface area contributed by atoms with Crippen molar-refractivity contribution >= 4 is 17.7 Å². The van der Waals surface area contributed by atoms with Crippen molar-refractivity contribution in [1.82, 2.24) is 19.7 Å². The van der Waals surface area contributed by atoms with Crippen LogP contribution in [0.3, 0.4) is 0 Å². The van der Waals surface area contributed by atoms with Gasteiger partial charge in [0.1, 0.15) is 5.75 Å². The average Bonchev–Trinajstić information content (AvgIpc) is 3.32. The lowest BCUT2D eigenvalue weighted by atomic mass is 10.2. The van der Waals surface area contributed by atoms with Crippen LogP contribution in [-0.2, 0) is 11.3 Å². The van der Waals surface area contributed by atoms with Gasteiger partial charge in [-0.05, 0) is 31.9 Å². The fraction of sp³-hybridized carbons (Fsp3) is 0.421. The first-order chi connectivity index (χ1) is 12.7.